The van der Waals surface area contributed by atoms with Crippen LogP contribution in [-0.4, -0.2) is 25.9 Å². The minimum Gasteiger partial charge on any atom is -0.360 e. The van der Waals surface area contributed by atoms with Crippen LogP contribution >= 0.6 is 23.1 Å². The number of nitrogens with zero attached hydrogens (tertiary/aromatic N) is 3. The van der Waals surface area contributed by atoms with E-state index in [-0.39, 0.29) is 17.5 Å². The van der Waals surface area contributed by atoms with Crippen molar-refractivity contribution in [3.8, 4) is 0 Å². The highest BCUT2D eigenvalue weighted by Crippen LogP contribution is 2.38. The quantitative estimate of drug-likeness (QED) is 0.461. The zero-order chi connectivity index (χ0) is 20.8. The van der Waals surface area contributed by atoms with Gasteiger partial charge in [-0.3, -0.25) is 14.2 Å². The van der Waals surface area contributed by atoms with E-state index in [4.69, 9.17) is 9.51 Å². The average Bonchev–Trinajstić information content (AvgIpc) is 3.46. The first kappa shape index (κ1) is 19.8. The number of hydrogen-bond donors (Lipinski definition) is 1. The van der Waals surface area contributed by atoms with Crippen LogP contribution in [0.25, 0.3) is 10.2 Å². The molecule has 0 aliphatic heterocycles. The highest BCUT2D eigenvalue weighted by Gasteiger charge is 2.29. The molecule has 1 saturated carbocycles. The number of anilines is 1. The number of thioether (sulfide) groups is 1. The Kier molecular flexibility index (Phi) is 5.18. The molecule has 1 atom stereocenters. The van der Waals surface area contributed by atoms with Gasteiger partial charge in [0.15, 0.2) is 11.0 Å². The lowest BCUT2D eigenvalue weighted by Gasteiger charge is -2.19. The summed E-state index contributed by atoms with van der Waals surface area (Å²) in [5, 5.41) is 7.65. The number of nitrogens with one attached hydrogen (secondary N) is 1. The average molecular weight is 445 g/mol. The van der Waals surface area contributed by atoms with Gasteiger partial charge in [0.1, 0.15) is 10.6 Å². The van der Waals surface area contributed by atoms with Crippen LogP contribution in [0, 0.1) is 6.92 Å². The molecule has 0 bridgehead atoms. The largest absolute Gasteiger partial charge is 0.360 e. The van der Waals surface area contributed by atoms with Crippen LogP contribution in [0.3, 0.4) is 0 Å². The van der Waals surface area contributed by atoms with Crippen molar-refractivity contribution in [2.45, 2.75) is 75.2 Å². The maximum atomic E-state index is 13.6. The van der Waals surface area contributed by atoms with Gasteiger partial charge in [-0.05, 0) is 51.5 Å². The van der Waals surface area contributed by atoms with Gasteiger partial charge in [-0.1, -0.05) is 29.8 Å². The molecule has 2 aliphatic rings. The number of aryl methyl sites for hydroxylation is 3. The summed E-state index contributed by atoms with van der Waals surface area (Å²) in [7, 11) is 0. The number of thiophene rings is 1. The number of rotatable bonds is 5. The third kappa shape index (κ3) is 3.47. The van der Waals surface area contributed by atoms with Crippen LogP contribution in [0.15, 0.2) is 20.5 Å². The third-order valence-electron chi connectivity index (χ3n) is 5.96. The second-order valence-electron chi connectivity index (χ2n) is 8.12. The SMILES string of the molecule is Cc1cc(NC(=O)C(C)Sc2nc3sc4c(c3c(=O)n2C2CCCC2)CCC4)no1. The molecule has 3 aromatic rings. The lowest BCUT2D eigenvalue weighted by Crippen LogP contribution is -2.29. The summed E-state index contributed by atoms with van der Waals surface area (Å²) in [6.07, 6.45) is 7.37. The Hall–Kier alpha value is -2.13. The molecule has 0 radical (unpaired) electrons. The molecule has 1 N–H and O–H groups in total. The molecule has 0 saturated heterocycles. The predicted molar refractivity (Wildman–Crippen MR) is 119 cm³/mol. The van der Waals surface area contributed by atoms with Crippen LogP contribution < -0.4 is 10.9 Å². The van der Waals surface area contributed by atoms with Crippen LogP contribution in [-0.2, 0) is 17.6 Å². The number of carbonyl (C=O) groups excluding carboxylic acids is 1. The monoisotopic (exact) mass is 444 g/mol. The maximum absolute atomic E-state index is 13.6. The molecule has 3 heterocycles. The molecular formula is C21H24N4O3S2. The Labute approximate surface area is 182 Å². The normalized spacial score (nSPS) is 17.5. The minimum atomic E-state index is -0.425. The van der Waals surface area contributed by atoms with Crippen molar-refractivity contribution in [2.24, 2.45) is 0 Å². The highest BCUT2D eigenvalue weighted by molar-refractivity contribution is 8.00. The summed E-state index contributed by atoms with van der Waals surface area (Å²) in [6.45, 7) is 3.61. The first-order valence-electron chi connectivity index (χ1n) is 10.5. The predicted octanol–water partition coefficient (Wildman–Crippen LogP) is 4.48. The van der Waals surface area contributed by atoms with E-state index in [2.05, 4.69) is 10.5 Å². The van der Waals surface area contributed by atoms with E-state index in [1.807, 2.05) is 11.5 Å². The van der Waals surface area contributed by atoms with Gasteiger partial charge in [0.2, 0.25) is 5.91 Å². The van der Waals surface area contributed by atoms with E-state index in [1.165, 1.54) is 22.2 Å². The standard InChI is InChI=1S/C21H24N4O3S2/c1-11-10-16(24-28-11)22-18(26)12(2)29-21-23-19-17(14-8-5-9-15(14)30-19)20(27)25(21)13-6-3-4-7-13/h10,12-13H,3-9H2,1-2H3,(H,22,24,26). The van der Waals surface area contributed by atoms with Crippen molar-refractivity contribution in [3.63, 3.8) is 0 Å². The summed E-state index contributed by atoms with van der Waals surface area (Å²) in [5.74, 6) is 0.851. The summed E-state index contributed by atoms with van der Waals surface area (Å²) < 4.78 is 6.90. The molecule has 1 amide bonds. The molecule has 30 heavy (non-hydrogen) atoms. The first-order valence-corrected chi connectivity index (χ1v) is 12.2. The molecule has 0 spiro atoms. The van der Waals surface area contributed by atoms with Gasteiger partial charge in [-0.25, -0.2) is 4.98 Å². The maximum Gasteiger partial charge on any atom is 0.263 e. The van der Waals surface area contributed by atoms with Crippen LogP contribution in [0.1, 0.15) is 61.3 Å². The molecule has 7 nitrogen and oxygen atoms in total. The van der Waals surface area contributed by atoms with Crippen molar-refractivity contribution in [1.82, 2.24) is 14.7 Å². The number of carbonyl (C=O) groups is 1. The molecule has 2 aliphatic carbocycles. The van der Waals surface area contributed by atoms with Crippen LogP contribution in [0.2, 0.25) is 0 Å². The minimum absolute atomic E-state index is 0.0773. The zero-order valence-electron chi connectivity index (χ0n) is 17.1. The Balaban J connectivity index is 1.50. The molecule has 9 heteroatoms. The molecule has 1 unspecified atom stereocenters. The van der Waals surface area contributed by atoms with Gasteiger partial charge >= 0.3 is 0 Å². The second-order valence-corrected chi connectivity index (χ2v) is 10.5. The van der Waals surface area contributed by atoms with Gasteiger partial charge < -0.3 is 9.84 Å². The van der Waals surface area contributed by atoms with Crippen LogP contribution in [0.4, 0.5) is 5.82 Å². The molecule has 0 aromatic carbocycles. The fourth-order valence-electron chi connectivity index (χ4n) is 4.47. The zero-order valence-corrected chi connectivity index (χ0v) is 18.7. The lowest BCUT2D eigenvalue weighted by atomic mass is 10.2. The smallest absolute Gasteiger partial charge is 0.263 e. The van der Waals surface area contributed by atoms with Crippen molar-refractivity contribution < 1.29 is 9.32 Å². The Morgan fingerprint density at radius 3 is 2.87 bits per heavy atom. The molecule has 3 aromatic heterocycles. The number of amides is 1. The van der Waals surface area contributed by atoms with Crippen molar-refractivity contribution >= 4 is 45.0 Å². The van der Waals surface area contributed by atoms with Gasteiger partial charge in [-0.15, -0.1) is 11.3 Å². The van der Waals surface area contributed by atoms with E-state index in [0.29, 0.717) is 16.7 Å². The Morgan fingerprint density at radius 2 is 2.13 bits per heavy atom. The second kappa shape index (κ2) is 7.85. The van der Waals surface area contributed by atoms with Crippen LogP contribution in [0.5, 0.6) is 0 Å². The fourth-order valence-corrected chi connectivity index (χ4v) is 6.75. The Morgan fingerprint density at radius 1 is 1.33 bits per heavy atom. The summed E-state index contributed by atoms with van der Waals surface area (Å²) in [4.78, 5) is 33.3. The Bertz CT molecular complexity index is 1170. The van der Waals surface area contributed by atoms with Gasteiger partial charge in [-0.2, -0.15) is 0 Å². The van der Waals surface area contributed by atoms with Crippen molar-refractivity contribution in [3.05, 3.63) is 32.6 Å². The molecule has 158 valence electrons. The van der Waals surface area contributed by atoms with Crippen molar-refractivity contribution in [2.75, 3.05) is 5.32 Å². The van der Waals surface area contributed by atoms with Gasteiger partial charge in [0, 0.05) is 17.0 Å². The van der Waals surface area contributed by atoms with E-state index in [0.717, 1.165) is 55.2 Å². The van der Waals surface area contributed by atoms with Gasteiger partial charge in [0.05, 0.1) is 10.6 Å². The number of aromatic nitrogens is 3. The van der Waals surface area contributed by atoms with Crippen molar-refractivity contribution in [1.29, 1.82) is 0 Å². The fraction of sp³-hybridized carbons (Fsp3) is 0.524. The van der Waals surface area contributed by atoms with E-state index in [1.54, 1.807) is 24.3 Å². The first-order chi connectivity index (χ1) is 14.5. The number of fused-ring (bicyclic) bond motifs is 3. The van der Waals surface area contributed by atoms with E-state index in [9.17, 15) is 9.59 Å². The van der Waals surface area contributed by atoms with E-state index < -0.39 is 5.25 Å². The lowest BCUT2D eigenvalue weighted by molar-refractivity contribution is -0.115. The van der Waals surface area contributed by atoms with Gasteiger partial charge in [0.25, 0.3) is 5.56 Å². The topological polar surface area (TPSA) is 90.0 Å². The molecule has 5 rings (SSSR count). The molecule has 1 fully saturated rings. The third-order valence-corrected chi connectivity index (χ3v) is 8.21. The number of hydrogen-bond acceptors (Lipinski definition) is 7. The molecular weight excluding hydrogens is 420 g/mol. The summed E-state index contributed by atoms with van der Waals surface area (Å²) in [5.41, 5.74) is 1.29. The van der Waals surface area contributed by atoms with E-state index >= 15 is 0 Å². The summed E-state index contributed by atoms with van der Waals surface area (Å²) >= 11 is 3.00. The summed E-state index contributed by atoms with van der Waals surface area (Å²) in [6, 6.07) is 1.85. The highest BCUT2D eigenvalue weighted by atomic mass is 32.2.